The highest BCUT2D eigenvalue weighted by Crippen LogP contribution is 2.34. The summed E-state index contributed by atoms with van der Waals surface area (Å²) in [5, 5.41) is 17.5. The van der Waals surface area contributed by atoms with Crippen molar-refractivity contribution in [2.24, 2.45) is 0 Å². The van der Waals surface area contributed by atoms with E-state index in [1.807, 2.05) is 0 Å². The Morgan fingerprint density at radius 2 is 1.65 bits per heavy atom. The Morgan fingerprint density at radius 3 is 2.23 bits per heavy atom. The van der Waals surface area contributed by atoms with Crippen LogP contribution in [0.2, 0.25) is 10.0 Å². The van der Waals surface area contributed by atoms with Crippen molar-refractivity contribution in [2.75, 3.05) is 10.6 Å². The fourth-order valence-electron chi connectivity index (χ4n) is 2.15. The largest absolute Gasteiger partial charge is 0.353 e. The van der Waals surface area contributed by atoms with Gasteiger partial charge in [0.2, 0.25) is 11.6 Å². The van der Waals surface area contributed by atoms with Crippen LogP contribution in [0.1, 0.15) is 0 Å². The lowest BCUT2D eigenvalue weighted by molar-refractivity contribution is -0.383. The predicted octanol–water partition coefficient (Wildman–Crippen LogP) is 5.32. The Kier molecular flexibility index (Phi) is 5.15. The number of benzene rings is 2. The lowest BCUT2D eigenvalue weighted by Gasteiger charge is -2.10. The minimum Gasteiger partial charge on any atom is -0.334 e. The van der Waals surface area contributed by atoms with Gasteiger partial charge in [0, 0.05) is 16.4 Å². The van der Waals surface area contributed by atoms with E-state index < -0.39 is 10.7 Å². The van der Waals surface area contributed by atoms with Crippen molar-refractivity contribution in [3.8, 4) is 0 Å². The van der Waals surface area contributed by atoms with Gasteiger partial charge in [-0.3, -0.25) is 10.1 Å². The summed E-state index contributed by atoms with van der Waals surface area (Å²) in [5.41, 5.74) is 0.481. The highest BCUT2D eigenvalue weighted by molar-refractivity contribution is 6.31. The quantitative estimate of drug-likeness (QED) is 0.450. The number of nitro groups is 1. The van der Waals surface area contributed by atoms with Crippen molar-refractivity contribution in [2.45, 2.75) is 0 Å². The van der Waals surface area contributed by atoms with Crippen molar-refractivity contribution in [3.63, 3.8) is 0 Å². The molecule has 0 spiro atoms. The standard InChI is InChI=1S/C16H10Cl2FN5O2/c17-9-2-1-3-10(6-9)22-15-14(24(25)26)16(21-8-20-15)23-11-4-5-13(19)12(18)7-11/h1-8H,(H2,20,21,22,23). The van der Waals surface area contributed by atoms with E-state index >= 15 is 0 Å². The first kappa shape index (κ1) is 17.8. The molecule has 7 nitrogen and oxygen atoms in total. The van der Waals surface area contributed by atoms with Gasteiger partial charge in [0.1, 0.15) is 12.1 Å². The first-order valence-electron chi connectivity index (χ1n) is 7.18. The van der Waals surface area contributed by atoms with Crippen LogP contribution in [0.5, 0.6) is 0 Å². The average molecular weight is 394 g/mol. The van der Waals surface area contributed by atoms with E-state index in [0.717, 1.165) is 12.4 Å². The van der Waals surface area contributed by atoms with Crippen LogP contribution in [0.15, 0.2) is 48.8 Å². The Bertz CT molecular complexity index is 987. The van der Waals surface area contributed by atoms with Crippen LogP contribution < -0.4 is 10.6 Å². The lowest BCUT2D eigenvalue weighted by atomic mass is 10.3. The molecule has 0 saturated heterocycles. The summed E-state index contributed by atoms with van der Waals surface area (Å²) in [6.45, 7) is 0. The maximum Gasteiger partial charge on any atom is 0.353 e. The third-order valence-electron chi connectivity index (χ3n) is 3.27. The number of aromatic nitrogens is 2. The molecule has 0 aliphatic rings. The number of halogens is 3. The van der Waals surface area contributed by atoms with Gasteiger partial charge in [-0.1, -0.05) is 29.3 Å². The highest BCUT2D eigenvalue weighted by Gasteiger charge is 2.23. The van der Waals surface area contributed by atoms with Gasteiger partial charge in [-0.05, 0) is 36.4 Å². The van der Waals surface area contributed by atoms with Crippen molar-refractivity contribution in [3.05, 3.63) is 74.8 Å². The SMILES string of the molecule is O=[N+]([O-])c1c(Nc2cccc(Cl)c2)ncnc1Nc1ccc(F)c(Cl)c1. The lowest BCUT2D eigenvalue weighted by Crippen LogP contribution is -2.05. The van der Waals surface area contributed by atoms with Crippen LogP contribution in [-0.2, 0) is 0 Å². The number of rotatable bonds is 5. The molecule has 0 saturated carbocycles. The molecule has 0 amide bonds. The van der Waals surface area contributed by atoms with Crippen LogP contribution >= 0.6 is 23.2 Å². The molecule has 0 bridgehead atoms. The van der Waals surface area contributed by atoms with E-state index in [1.165, 1.54) is 12.1 Å². The molecule has 0 unspecified atom stereocenters. The van der Waals surface area contributed by atoms with Gasteiger partial charge in [-0.15, -0.1) is 0 Å². The van der Waals surface area contributed by atoms with Crippen molar-refractivity contribution in [1.29, 1.82) is 0 Å². The molecule has 10 heteroatoms. The van der Waals surface area contributed by atoms with E-state index in [4.69, 9.17) is 23.2 Å². The second kappa shape index (κ2) is 7.51. The van der Waals surface area contributed by atoms with Gasteiger partial charge in [-0.25, -0.2) is 14.4 Å². The van der Waals surface area contributed by atoms with Gasteiger partial charge in [0.15, 0.2) is 0 Å². The topological polar surface area (TPSA) is 93.0 Å². The Labute approximate surface area is 157 Å². The fraction of sp³-hybridized carbons (Fsp3) is 0. The summed E-state index contributed by atoms with van der Waals surface area (Å²) in [6.07, 6.45) is 1.16. The van der Waals surface area contributed by atoms with Crippen molar-refractivity contribution in [1.82, 2.24) is 9.97 Å². The Balaban J connectivity index is 1.98. The smallest absolute Gasteiger partial charge is 0.334 e. The summed E-state index contributed by atoms with van der Waals surface area (Å²) in [6, 6.07) is 10.5. The molecule has 0 atom stereocenters. The molecular formula is C16H10Cl2FN5O2. The second-order valence-electron chi connectivity index (χ2n) is 5.07. The minimum atomic E-state index is -0.625. The Morgan fingerprint density at radius 1 is 1.00 bits per heavy atom. The van der Waals surface area contributed by atoms with Gasteiger partial charge >= 0.3 is 5.69 Å². The normalized spacial score (nSPS) is 10.4. The van der Waals surface area contributed by atoms with Crippen LogP contribution in [-0.4, -0.2) is 14.9 Å². The minimum absolute atomic E-state index is 0.0250. The third-order valence-corrected chi connectivity index (χ3v) is 3.80. The maximum absolute atomic E-state index is 13.3. The van der Waals surface area contributed by atoms with E-state index in [0.29, 0.717) is 16.4 Å². The molecule has 0 aliphatic carbocycles. The van der Waals surface area contributed by atoms with Crippen molar-refractivity contribution >= 4 is 51.9 Å². The second-order valence-corrected chi connectivity index (χ2v) is 5.91. The molecular weight excluding hydrogens is 384 g/mol. The summed E-state index contributed by atoms with van der Waals surface area (Å²) < 4.78 is 13.3. The van der Waals surface area contributed by atoms with Gasteiger partial charge in [0.05, 0.1) is 9.95 Å². The molecule has 0 aliphatic heterocycles. The van der Waals surface area contributed by atoms with E-state index in [9.17, 15) is 14.5 Å². The molecule has 2 aromatic carbocycles. The fourth-order valence-corrected chi connectivity index (χ4v) is 2.52. The summed E-state index contributed by atoms with van der Waals surface area (Å²) in [5.74, 6) is -0.696. The van der Waals surface area contributed by atoms with E-state index in [-0.39, 0.29) is 22.3 Å². The zero-order chi connectivity index (χ0) is 18.7. The van der Waals surface area contributed by atoms with Crippen LogP contribution in [0.25, 0.3) is 0 Å². The number of anilines is 4. The number of nitrogens with one attached hydrogen (secondary N) is 2. The van der Waals surface area contributed by atoms with Crippen molar-refractivity contribution < 1.29 is 9.31 Å². The molecule has 26 heavy (non-hydrogen) atoms. The first-order chi connectivity index (χ1) is 12.4. The molecule has 3 aromatic rings. The number of nitrogens with zero attached hydrogens (tertiary/aromatic N) is 3. The maximum atomic E-state index is 13.3. The van der Waals surface area contributed by atoms with Gasteiger partial charge in [0.25, 0.3) is 0 Å². The van der Waals surface area contributed by atoms with E-state index in [1.54, 1.807) is 24.3 Å². The average Bonchev–Trinajstić information content (AvgIpc) is 2.58. The summed E-state index contributed by atoms with van der Waals surface area (Å²) in [4.78, 5) is 18.7. The zero-order valence-corrected chi connectivity index (χ0v) is 14.4. The molecule has 132 valence electrons. The highest BCUT2D eigenvalue weighted by atomic mass is 35.5. The van der Waals surface area contributed by atoms with Crippen LogP contribution in [0, 0.1) is 15.9 Å². The van der Waals surface area contributed by atoms with Gasteiger partial charge in [-0.2, -0.15) is 0 Å². The first-order valence-corrected chi connectivity index (χ1v) is 7.93. The summed E-state index contributed by atoms with van der Waals surface area (Å²) >= 11 is 11.6. The van der Waals surface area contributed by atoms with Gasteiger partial charge < -0.3 is 10.6 Å². The molecule has 0 radical (unpaired) electrons. The molecule has 0 fully saturated rings. The number of hydrogen-bond donors (Lipinski definition) is 2. The molecule has 3 rings (SSSR count). The molecule has 2 N–H and O–H groups in total. The number of hydrogen-bond acceptors (Lipinski definition) is 6. The zero-order valence-electron chi connectivity index (χ0n) is 12.9. The predicted molar refractivity (Wildman–Crippen MR) is 98.1 cm³/mol. The van der Waals surface area contributed by atoms with Crippen LogP contribution in [0.3, 0.4) is 0 Å². The van der Waals surface area contributed by atoms with Crippen LogP contribution in [0.4, 0.5) is 33.1 Å². The molecule has 1 heterocycles. The third kappa shape index (κ3) is 3.98. The molecule has 1 aromatic heterocycles. The van der Waals surface area contributed by atoms with E-state index in [2.05, 4.69) is 20.6 Å². The Hall–Kier alpha value is -2.97. The monoisotopic (exact) mass is 393 g/mol. The summed E-state index contributed by atoms with van der Waals surface area (Å²) in [7, 11) is 0.